The van der Waals surface area contributed by atoms with Crippen LogP contribution in [0, 0.1) is 0 Å². The van der Waals surface area contributed by atoms with Crippen LogP contribution in [0.3, 0.4) is 0 Å². The number of hydrogen-bond donors (Lipinski definition) is 1. The lowest BCUT2D eigenvalue weighted by atomic mass is 10.0. The van der Waals surface area contributed by atoms with E-state index < -0.39 is 17.7 Å². The van der Waals surface area contributed by atoms with Crippen molar-refractivity contribution in [2.24, 2.45) is 0 Å². The van der Waals surface area contributed by atoms with Crippen LogP contribution in [0.5, 0.6) is 5.75 Å². The lowest BCUT2D eigenvalue weighted by Gasteiger charge is -2.27. The molecule has 0 spiro atoms. The van der Waals surface area contributed by atoms with E-state index in [0.29, 0.717) is 39.7 Å². The molecule has 2 aliphatic rings. The number of anilines is 1. The maximum atomic E-state index is 13.6. The van der Waals surface area contributed by atoms with E-state index in [1.807, 2.05) is 26.0 Å². The molecule has 3 aromatic rings. The third kappa shape index (κ3) is 6.38. The number of allylic oxidation sites excluding steroid dienone is 1. The summed E-state index contributed by atoms with van der Waals surface area (Å²) >= 11 is 12.6. The number of carbonyl (C=O) groups excluding carboxylic acids is 2. The van der Waals surface area contributed by atoms with E-state index in [9.17, 15) is 9.59 Å². The summed E-state index contributed by atoms with van der Waals surface area (Å²) in [5.41, 5.74) is 0.728. The van der Waals surface area contributed by atoms with Crippen LogP contribution in [0.4, 0.5) is 5.82 Å². The van der Waals surface area contributed by atoms with Gasteiger partial charge in [-0.15, -0.1) is 0 Å². The number of ether oxygens (including phenoxy) is 3. The summed E-state index contributed by atoms with van der Waals surface area (Å²) in [4.78, 5) is 28.1. The number of rotatable bonds is 9. The van der Waals surface area contributed by atoms with Crippen LogP contribution < -0.4 is 10.1 Å². The minimum Gasteiger partial charge on any atom is -0.458 e. The second kappa shape index (κ2) is 11.0. The molecule has 0 saturated carbocycles. The minimum absolute atomic E-state index is 0.0856. The van der Waals surface area contributed by atoms with Crippen LogP contribution >= 0.6 is 23.2 Å². The molecule has 0 radical (unpaired) electrons. The Morgan fingerprint density at radius 1 is 1.13 bits per heavy atom. The molecular weight excluding hydrogens is 543 g/mol. The first kappa shape index (κ1) is 26.6. The predicted molar refractivity (Wildman–Crippen MR) is 146 cm³/mol. The van der Waals surface area contributed by atoms with Gasteiger partial charge in [-0.3, -0.25) is 14.3 Å². The second-order valence-electron chi connectivity index (χ2n) is 9.51. The van der Waals surface area contributed by atoms with Crippen molar-refractivity contribution in [2.75, 3.05) is 11.9 Å². The summed E-state index contributed by atoms with van der Waals surface area (Å²) in [6, 6.07) is 15.0. The lowest BCUT2D eigenvalue weighted by molar-refractivity contribution is -0.133. The van der Waals surface area contributed by atoms with Gasteiger partial charge in [-0.2, -0.15) is 5.10 Å². The van der Waals surface area contributed by atoms with E-state index in [0.717, 1.165) is 5.56 Å². The number of nitrogens with one attached hydrogen (secondary N) is 1. The lowest BCUT2D eigenvalue weighted by Crippen LogP contribution is -2.47. The normalized spacial score (nSPS) is 16.7. The molecule has 5 rings (SSSR count). The maximum Gasteiger partial charge on any atom is 0.251 e. The first-order valence-corrected chi connectivity index (χ1v) is 13.0. The molecule has 0 saturated heterocycles. The molecule has 1 N–H and O–H groups in total. The molecule has 1 aromatic heterocycles. The van der Waals surface area contributed by atoms with Crippen molar-refractivity contribution in [1.82, 2.24) is 14.7 Å². The second-order valence-corrected chi connectivity index (χ2v) is 10.3. The van der Waals surface area contributed by atoms with Crippen molar-refractivity contribution in [3.05, 3.63) is 100 Å². The van der Waals surface area contributed by atoms with Crippen LogP contribution in [0.2, 0.25) is 10.0 Å². The SMILES string of the molecule is CC1(C)OC=C(Cn2ccc(NC(=O)C(Cc3ccccc3Cl)N3CC(Oc4ccccc4Cl)=CC3=O)n2)O1. The van der Waals surface area contributed by atoms with Gasteiger partial charge in [-0.25, -0.2) is 0 Å². The topological polar surface area (TPSA) is 94.9 Å². The van der Waals surface area contributed by atoms with Gasteiger partial charge in [0, 0.05) is 43.6 Å². The number of nitrogens with zero attached hydrogens (tertiary/aromatic N) is 3. The van der Waals surface area contributed by atoms with E-state index in [2.05, 4.69) is 10.4 Å². The summed E-state index contributed by atoms with van der Waals surface area (Å²) in [5.74, 6) is 0.241. The average molecular weight is 569 g/mol. The van der Waals surface area contributed by atoms with Gasteiger partial charge in [0.2, 0.25) is 11.7 Å². The van der Waals surface area contributed by atoms with Gasteiger partial charge in [0.05, 0.1) is 11.6 Å². The minimum atomic E-state index is -0.888. The van der Waals surface area contributed by atoms with Gasteiger partial charge in [-0.1, -0.05) is 53.5 Å². The molecule has 1 atom stereocenters. The quantitative estimate of drug-likeness (QED) is 0.382. The highest BCUT2D eigenvalue weighted by Crippen LogP contribution is 2.29. The molecule has 0 bridgehead atoms. The molecule has 11 heteroatoms. The zero-order valence-corrected chi connectivity index (χ0v) is 22.8. The molecule has 39 heavy (non-hydrogen) atoms. The molecule has 202 valence electrons. The van der Waals surface area contributed by atoms with E-state index in [1.54, 1.807) is 59.6 Å². The molecule has 2 aliphatic heterocycles. The van der Waals surface area contributed by atoms with Gasteiger partial charge in [0.15, 0.2) is 11.6 Å². The van der Waals surface area contributed by atoms with E-state index >= 15 is 0 Å². The van der Waals surface area contributed by atoms with Crippen molar-refractivity contribution in [2.45, 2.75) is 38.6 Å². The van der Waals surface area contributed by atoms with Crippen molar-refractivity contribution < 1.29 is 23.8 Å². The fourth-order valence-corrected chi connectivity index (χ4v) is 4.64. The monoisotopic (exact) mass is 568 g/mol. The highest BCUT2D eigenvalue weighted by Gasteiger charge is 2.35. The number of amides is 2. The first-order valence-electron chi connectivity index (χ1n) is 12.2. The van der Waals surface area contributed by atoms with Gasteiger partial charge in [0.25, 0.3) is 5.91 Å². The molecule has 9 nitrogen and oxygen atoms in total. The Morgan fingerprint density at radius 3 is 2.59 bits per heavy atom. The van der Waals surface area contributed by atoms with Gasteiger partial charge in [-0.05, 0) is 23.8 Å². The number of halogens is 2. The Hall–Kier alpha value is -3.95. The highest BCUT2D eigenvalue weighted by atomic mass is 35.5. The Bertz CT molecular complexity index is 1470. The van der Waals surface area contributed by atoms with Crippen molar-refractivity contribution in [1.29, 1.82) is 0 Å². The van der Waals surface area contributed by atoms with Crippen LogP contribution in [0.15, 0.2) is 84.7 Å². The summed E-state index contributed by atoms with van der Waals surface area (Å²) in [6.45, 7) is 4.04. The number of hydrogen-bond acceptors (Lipinski definition) is 6. The van der Waals surface area contributed by atoms with Gasteiger partial charge in [0.1, 0.15) is 30.4 Å². The Balaban J connectivity index is 1.31. The highest BCUT2D eigenvalue weighted by molar-refractivity contribution is 6.32. The number of benzene rings is 2. The summed E-state index contributed by atoms with van der Waals surface area (Å²) in [5, 5.41) is 8.17. The Kier molecular flexibility index (Phi) is 7.54. The summed E-state index contributed by atoms with van der Waals surface area (Å²) in [7, 11) is 0. The maximum absolute atomic E-state index is 13.6. The van der Waals surface area contributed by atoms with Crippen LogP contribution in [-0.4, -0.2) is 44.9 Å². The van der Waals surface area contributed by atoms with E-state index in [-0.39, 0.29) is 18.9 Å². The van der Waals surface area contributed by atoms with E-state index in [4.69, 9.17) is 37.4 Å². The summed E-state index contributed by atoms with van der Waals surface area (Å²) < 4.78 is 18.6. The molecular formula is C28H26Cl2N4O5. The smallest absolute Gasteiger partial charge is 0.251 e. The average Bonchev–Trinajstić information content (AvgIpc) is 3.58. The largest absolute Gasteiger partial charge is 0.458 e. The Labute approximate surface area is 235 Å². The standard InChI is InChI=1S/C28H26Cl2N4O5/c1-28(2)37-17-20(39-28)15-33-12-11-25(32-33)31-27(36)23(13-18-7-3-4-8-21(18)29)34-16-19(14-26(34)35)38-24-10-6-5-9-22(24)30/h3-12,14,17,23H,13,15-16H2,1-2H3,(H,31,32,36). The number of para-hydroxylation sites is 1. The zero-order chi connectivity index (χ0) is 27.6. The van der Waals surface area contributed by atoms with Gasteiger partial charge < -0.3 is 24.4 Å². The molecule has 1 unspecified atom stereocenters. The van der Waals surface area contributed by atoms with Crippen LogP contribution in [0.1, 0.15) is 19.4 Å². The zero-order valence-electron chi connectivity index (χ0n) is 21.3. The predicted octanol–water partition coefficient (Wildman–Crippen LogP) is 5.17. The van der Waals surface area contributed by atoms with Crippen molar-refractivity contribution >= 4 is 40.8 Å². The third-order valence-electron chi connectivity index (χ3n) is 6.08. The van der Waals surface area contributed by atoms with Crippen LogP contribution in [0.25, 0.3) is 0 Å². The molecule has 2 amide bonds. The Morgan fingerprint density at radius 2 is 1.87 bits per heavy atom. The fourth-order valence-electron chi connectivity index (χ4n) is 4.25. The van der Waals surface area contributed by atoms with Crippen molar-refractivity contribution in [3.8, 4) is 5.75 Å². The molecule has 0 aliphatic carbocycles. The summed E-state index contributed by atoms with van der Waals surface area (Å²) in [6.07, 6.45) is 4.82. The third-order valence-corrected chi connectivity index (χ3v) is 6.76. The first-order chi connectivity index (χ1) is 18.7. The van der Waals surface area contributed by atoms with Gasteiger partial charge >= 0.3 is 0 Å². The molecule has 2 aromatic carbocycles. The number of carbonyl (C=O) groups is 2. The molecule has 0 fully saturated rings. The van der Waals surface area contributed by atoms with Crippen molar-refractivity contribution in [3.63, 3.8) is 0 Å². The fraction of sp³-hybridized carbons (Fsp3) is 0.250. The van der Waals surface area contributed by atoms with E-state index in [1.165, 1.54) is 11.0 Å². The molecule has 3 heterocycles. The number of aromatic nitrogens is 2. The van der Waals surface area contributed by atoms with Crippen LogP contribution in [-0.2, 0) is 32.0 Å².